The highest BCUT2D eigenvalue weighted by molar-refractivity contribution is 5.82. The zero-order valence-corrected chi connectivity index (χ0v) is 18.8. The number of benzene rings is 1. The van der Waals surface area contributed by atoms with E-state index >= 15 is 0 Å². The molecular weight excluding hydrogens is 401 g/mol. The van der Waals surface area contributed by atoms with Gasteiger partial charge in [0.1, 0.15) is 17.3 Å². The number of nitrogens with two attached hydrogens (primary N) is 1. The van der Waals surface area contributed by atoms with E-state index < -0.39 is 11.2 Å². The van der Waals surface area contributed by atoms with Crippen LogP contribution < -0.4 is 21.9 Å². The summed E-state index contributed by atoms with van der Waals surface area (Å²) in [5.74, 6) is -0.403. The molecule has 0 aliphatic heterocycles. The lowest BCUT2D eigenvalue weighted by Crippen LogP contribution is -2.44. The van der Waals surface area contributed by atoms with E-state index in [9.17, 15) is 18.8 Å². The highest BCUT2D eigenvalue weighted by Gasteiger charge is 2.23. The fraction of sp³-hybridized carbons (Fsp3) is 0.500. The largest absolute Gasteiger partial charge is 0.383 e. The first kappa shape index (κ1) is 24.2. The van der Waals surface area contributed by atoms with Crippen LogP contribution in [-0.2, 0) is 17.9 Å². The Morgan fingerprint density at radius 2 is 1.81 bits per heavy atom. The summed E-state index contributed by atoms with van der Waals surface area (Å²) in [4.78, 5) is 43.1. The Hall–Kier alpha value is -3.10. The molecule has 0 bridgehead atoms. The molecule has 0 saturated carbocycles. The lowest BCUT2D eigenvalue weighted by molar-refractivity contribution is -0.129. The molecule has 0 aliphatic carbocycles. The van der Waals surface area contributed by atoms with E-state index in [-0.39, 0.29) is 48.2 Å². The van der Waals surface area contributed by atoms with Crippen molar-refractivity contribution in [1.29, 1.82) is 0 Å². The number of aromatic nitrogens is 2. The van der Waals surface area contributed by atoms with Gasteiger partial charge in [0.2, 0.25) is 5.91 Å². The van der Waals surface area contributed by atoms with Gasteiger partial charge in [-0.1, -0.05) is 45.9 Å². The average molecular weight is 434 g/mol. The number of hydrogen-bond donors (Lipinski definition) is 2. The summed E-state index contributed by atoms with van der Waals surface area (Å²) < 4.78 is 15.3. The first-order chi connectivity index (χ1) is 14.5. The summed E-state index contributed by atoms with van der Waals surface area (Å²) >= 11 is 0. The van der Waals surface area contributed by atoms with Crippen LogP contribution in [-0.4, -0.2) is 40.5 Å². The van der Waals surface area contributed by atoms with Gasteiger partial charge in [0.05, 0.1) is 6.54 Å². The van der Waals surface area contributed by atoms with Crippen LogP contribution in [0.15, 0.2) is 33.9 Å². The second kappa shape index (κ2) is 10.3. The number of carbonyl (C=O) groups excluding carboxylic acids is 1. The van der Waals surface area contributed by atoms with Crippen LogP contribution in [0.5, 0.6) is 0 Å². The Kier molecular flexibility index (Phi) is 8.01. The average Bonchev–Trinajstić information content (AvgIpc) is 2.66. The van der Waals surface area contributed by atoms with Gasteiger partial charge in [-0.05, 0) is 17.9 Å². The van der Waals surface area contributed by atoms with Crippen LogP contribution in [0.1, 0.15) is 33.3 Å². The van der Waals surface area contributed by atoms with Gasteiger partial charge in [-0.15, -0.1) is 0 Å². The molecule has 31 heavy (non-hydrogen) atoms. The summed E-state index contributed by atoms with van der Waals surface area (Å²) in [6.45, 7) is 8.46. The van der Waals surface area contributed by atoms with Gasteiger partial charge in [0.25, 0.3) is 5.56 Å². The van der Waals surface area contributed by atoms with Crippen molar-refractivity contribution in [3.05, 3.63) is 56.5 Å². The van der Waals surface area contributed by atoms with Crippen molar-refractivity contribution in [2.24, 2.45) is 11.8 Å². The maximum Gasteiger partial charge on any atom is 0.330 e. The van der Waals surface area contributed by atoms with Crippen molar-refractivity contribution in [3.8, 4) is 0 Å². The van der Waals surface area contributed by atoms with Crippen molar-refractivity contribution < 1.29 is 9.18 Å². The van der Waals surface area contributed by atoms with Crippen LogP contribution in [0, 0.1) is 17.7 Å². The SMILES string of the molecule is CC(C)CN(CC(=O)N(C)Cc1ccccc1F)c1c(N)n(CC(C)C)c(=O)[nH]c1=O. The standard InChI is InChI=1S/C22H32FN5O3/c1-14(2)10-27(13-18(29)26(5)12-16-8-6-7-9-17(16)23)19-20(24)28(11-15(3)4)22(31)25-21(19)30/h6-9,14-15H,10-13,24H2,1-5H3,(H,25,30,31). The summed E-state index contributed by atoms with van der Waals surface area (Å²) in [6, 6.07) is 6.26. The number of nitrogens with zero attached hydrogens (tertiary/aromatic N) is 3. The van der Waals surface area contributed by atoms with E-state index in [1.807, 2.05) is 27.7 Å². The van der Waals surface area contributed by atoms with Crippen LogP contribution in [0.25, 0.3) is 0 Å². The van der Waals surface area contributed by atoms with Gasteiger partial charge in [0.15, 0.2) is 0 Å². The lowest BCUT2D eigenvalue weighted by atomic mass is 10.1. The molecule has 1 heterocycles. The quantitative estimate of drug-likeness (QED) is 0.630. The number of likely N-dealkylation sites (N-methyl/N-ethyl adjacent to an activating group) is 1. The highest BCUT2D eigenvalue weighted by atomic mass is 19.1. The predicted molar refractivity (Wildman–Crippen MR) is 120 cm³/mol. The molecule has 0 radical (unpaired) electrons. The van der Waals surface area contributed by atoms with Crippen LogP contribution in [0.3, 0.4) is 0 Å². The molecule has 0 fully saturated rings. The van der Waals surface area contributed by atoms with E-state index in [1.54, 1.807) is 30.1 Å². The summed E-state index contributed by atoms with van der Waals surface area (Å²) in [5.41, 5.74) is 5.52. The number of aromatic amines is 1. The molecular formula is C22H32FN5O3. The molecule has 1 amide bonds. The van der Waals surface area contributed by atoms with E-state index in [0.717, 1.165) is 0 Å². The molecule has 1 aromatic carbocycles. The number of hydrogen-bond acceptors (Lipinski definition) is 5. The van der Waals surface area contributed by atoms with Crippen molar-refractivity contribution in [2.45, 2.75) is 40.8 Å². The van der Waals surface area contributed by atoms with Gasteiger partial charge in [-0.3, -0.25) is 19.1 Å². The minimum Gasteiger partial charge on any atom is -0.383 e. The Bertz CT molecular complexity index is 1030. The highest BCUT2D eigenvalue weighted by Crippen LogP contribution is 2.19. The first-order valence-electron chi connectivity index (χ1n) is 10.4. The number of halogens is 1. The lowest BCUT2D eigenvalue weighted by Gasteiger charge is -2.29. The van der Waals surface area contributed by atoms with Gasteiger partial charge in [0, 0.05) is 32.2 Å². The number of H-pyrrole nitrogens is 1. The zero-order valence-electron chi connectivity index (χ0n) is 18.8. The molecule has 2 aromatic rings. The molecule has 0 aliphatic rings. The van der Waals surface area contributed by atoms with E-state index in [1.165, 1.54) is 15.5 Å². The summed E-state index contributed by atoms with van der Waals surface area (Å²) in [7, 11) is 1.58. The van der Waals surface area contributed by atoms with E-state index in [2.05, 4.69) is 4.98 Å². The maximum absolute atomic E-state index is 14.0. The molecule has 2 rings (SSSR count). The second-order valence-corrected chi connectivity index (χ2v) is 8.61. The summed E-state index contributed by atoms with van der Waals surface area (Å²) in [5, 5.41) is 0. The fourth-order valence-electron chi connectivity index (χ4n) is 3.36. The molecule has 1 aromatic heterocycles. The third-order valence-electron chi connectivity index (χ3n) is 4.78. The third kappa shape index (κ3) is 6.19. The normalized spacial score (nSPS) is 11.2. The summed E-state index contributed by atoms with van der Waals surface area (Å²) in [6.07, 6.45) is 0. The fourth-order valence-corrected chi connectivity index (χ4v) is 3.36. The monoisotopic (exact) mass is 433 g/mol. The molecule has 0 atom stereocenters. The minimum atomic E-state index is -0.632. The Morgan fingerprint density at radius 1 is 1.16 bits per heavy atom. The topological polar surface area (TPSA) is 104 Å². The van der Waals surface area contributed by atoms with Crippen molar-refractivity contribution in [3.63, 3.8) is 0 Å². The Morgan fingerprint density at radius 3 is 2.39 bits per heavy atom. The number of nitrogens with one attached hydrogen (secondary N) is 1. The zero-order chi connectivity index (χ0) is 23.3. The number of amides is 1. The Balaban J connectivity index is 2.36. The molecule has 0 unspecified atom stereocenters. The van der Waals surface area contributed by atoms with Crippen LogP contribution >= 0.6 is 0 Å². The minimum absolute atomic E-state index is 0.0349. The molecule has 170 valence electrons. The molecule has 0 spiro atoms. The molecule has 8 nitrogen and oxygen atoms in total. The number of anilines is 2. The van der Waals surface area contributed by atoms with Crippen LogP contribution in [0.2, 0.25) is 0 Å². The molecule has 0 saturated heterocycles. The van der Waals surface area contributed by atoms with Crippen molar-refractivity contribution >= 4 is 17.4 Å². The van der Waals surface area contributed by atoms with E-state index in [0.29, 0.717) is 18.7 Å². The smallest absolute Gasteiger partial charge is 0.330 e. The predicted octanol–water partition coefficient (Wildman–Crippen LogP) is 2.03. The first-order valence-corrected chi connectivity index (χ1v) is 10.4. The third-order valence-corrected chi connectivity index (χ3v) is 4.78. The number of rotatable bonds is 9. The van der Waals surface area contributed by atoms with Gasteiger partial charge in [-0.25, -0.2) is 9.18 Å². The molecule has 9 heteroatoms. The van der Waals surface area contributed by atoms with Crippen molar-refractivity contribution in [1.82, 2.24) is 14.5 Å². The Labute approximate surface area is 181 Å². The van der Waals surface area contributed by atoms with Crippen LogP contribution in [0.4, 0.5) is 15.9 Å². The maximum atomic E-state index is 14.0. The van der Waals surface area contributed by atoms with Gasteiger partial charge < -0.3 is 15.5 Å². The van der Waals surface area contributed by atoms with E-state index in [4.69, 9.17) is 5.73 Å². The number of nitrogen functional groups attached to an aromatic ring is 1. The number of carbonyl (C=O) groups is 1. The molecule has 3 N–H and O–H groups in total. The van der Waals surface area contributed by atoms with Gasteiger partial charge in [-0.2, -0.15) is 0 Å². The second-order valence-electron chi connectivity index (χ2n) is 8.61. The van der Waals surface area contributed by atoms with Crippen molar-refractivity contribution in [2.75, 3.05) is 30.8 Å². The van der Waals surface area contributed by atoms with Gasteiger partial charge >= 0.3 is 5.69 Å².